The molecule has 4 rings (SSSR count). The van der Waals surface area contributed by atoms with E-state index in [2.05, 4.69) is 14.5 Å². The Morgan fingerprint density at radius 1 is 1.00 bits per heavy atom. The summed E-state index contributed by atoms with van der Waals surface area (Å²) in [4.78, 5) is 16.6. The lowest BCUT2D eigenvalue weighted by molar-refractivity contribution is 0.0697. The van der Waals surface area contributed by atoms with Crippen LogP contribution in [0.25, 0.3) is 0 Å². The minimum atomic E-state index is -3.94. The number of hydrogen-bond donors (Lipinski definition) is 2. The molecule has 0 spiro atoms. The first-order chi connectivity index (χ1) is 15.3. The third-order valence-corrected chi connectivity index (χ3v) is 8.20. The number of hydrogen-bond acceptors (Lipinski definition) is 5. The highest BCUT2D eigenvalue weighted by Gasteiger charge is 2.28. The zero-order valence-corrected chi connectivity index (χ0v) is 19.4. The standard InChI is InChI=1S/C23H28ClN3O4S/c24-20-6-2-3-7-22(20)32(30,31)25-17-8-9-21(19(16-17)23(28)29)27-14-10-18(11-15-27)26-12-4-1-5-13-26/h2-3,6-9,16,18,25H,1,4-5,10-15H2,(H,28,29). The van der Waals surface area contributed by atoms with Crippen molar-refractivity contribution >= 4 is 39.0 Å². The van der Waals surface area contributed by atoms with Crippen LogP contribution in [-0.4, -0.2) is 56.6 Å². The molecule has 2 aromatic carbocycles. The van der Waals surface area contributed by atoms with Gasteiger partial charge in [0.2, 0.25) is 0 Å². The summed E-state index contributed by atoms with van der Waals surface area (Å²) in [7, 11) is -3.94. The average Bonchev–Trinajstić information content (AvgIpc) is 2.79. The van der Waals surface area contributed by atoms with E-state index in [4.69, 9.17) is 11.6 Å². The van der Waals surface area contributed by atoms with Crippen molar-refractivity contribution in [2.75, 3.05) is 35.8 Å². The number of benzene rings is 2. The van der Waals surface area contributed by atoms with Gasteiger partial charge in [-0.3, -0.25) is 4.72 Å². The normalized spacial score (nSPS) is 18.5. The van der Waals surface area contributed by atoms with Gasteiger partial charge in [-0.05, 0) is 69.1 Å². The lowest BCUT2D eigenvalue weighted by Crippen LogP contribution is -2.47. The maximum atomic E-state index is 12.7. The van der Waals surface area contributed by atoms with Crippen molar-refractivity contribution in [3.8, 4) is 0 Å². The molecule has 172 valence electrons. The summed E-state index contributed by atoms with van der Waals surface area (Å²) in [5.41, 5.74) is 0.894. The molecule has 0 aliphatic carbocycles. The predicted molar refractivity (Wildman–Crippen MR) is 126 cm³/mol. The maximum absolute atomic E-state index is 12.7. The summed E-state index contributed by atoms with van der Waals surface area (Å²) in [5, 5.41) is 9.91. The number of carbonyl (C=O) groups is 1. The molecule has 0 atom stereocenters. The second-order valence-electron chi connectivity index (χ2n) is 8.39. The van der Waals surface area contributed by atoms with Crippen molar-refractivity contribution in [2.24, 2.45) is 0 Å². The van der Waals surface area contributed by atoms with Crippen LogP contribution in [-0.2, 0) is 10.0 Å². The number of piperidine rings is 2. The minimum absolute atomic E-state index is 0.0533. The van der Waals surface area contributed by atoms with Crippen LogP contribution in [0.5, 0.6) is 0 Å². The lowest BCUT2D eigenvalue weighted by atomic mass is 9.98. The Bertz CT molecular complexity index is 1080. The molecular formula is C23H28ClN3O4S. The highest BCUT2D eigenvalue weighted by Crippen LogP contribution is 2.31. The SMILES string of the molecule is O=C(O)c1cc(NS(=O)(=O)c2ccccc2Cl)ccc1N1CCC(N2CCCCC2)CC1. The molecule has 0 amide bonds. The van der Waals surface area contributed by atoms with E-state index in [0.717, 1.165) is 39.0 Å². The number of aromatic carboxylic acids is 1. The summed E-state index contributed by atoms with van der Waals surface area (Å²) in [5.74, 6) is -1.09. The van der Waals surface area contributed by atoms with Crippen molar-refractivity contribution < 1.29 is 18.3 Å². The van der Waals surface area contributed by atoms with Gasteiger partial charge in [0.05, 0.1) is 16.3 Å². The zero-order chi connectivity index (χ0) is 22.7. The van der Waals surface area contributed by atoms with Crippen molar-refractivity contribution in [1.82, 2.24) is 4.90 Å². The number of rotatable bonds is 6. The summed E-state index contributed by atoms with van der Waals surface area (Å²) < 4.78 is 27.9. The lowest BCUT2D eigenvalue weighted by Gasteiger charge is -2.41. The second kappa shape index (κ2) is 9.68. The van der Waals surface area contributed by atoms with E-state index in [9.17, 15) is 18.3 Å². The van der Waals surface area contributed by atoms with Gasteiger partial charge in [0, 0.05) is 24.8 Å². The average molecular weight is 478 g/mol. The third kappa shape index (κ3) is 5.03. The molecule has 2 aromatic rings. The molecule has 2 aliphatic rings. The van der Waals surface area contributed by atoms with Crippen LogP contribution in [0.3, 0.4) is 0 Å². The van der Waals surface area contributed by atoms with Crippen LogP contribution in [0, 0.1) is 0 Å². The monoisotopic (exact) mass is 477 g/mol. The fraction of sp³-hybridized carbons (Fsp3) is 0.435. The number of nitrogens with one attached hydrogen (secondary N) is 1. The predicted octanol–water partition coefficient (Wildman–Crippen LogP) is 4.29. The first kappa shape index (κ1) is 22.9. The maximum Gasteiger partial charge on any atom is 0.337 e. The van der Waals surface area contributed by atoms with E-state index in [1.54, 1.807) is 24.3 Å². The number of likely N-dealkylation sites (tertiary alicyclic amines) is 1. The Morgan fingerprint density at radius 2 is 1.69 bits per heavy atom. The molecule has 2 saturated heterocycles. The molecule has 7 nitrogen and oxygen atoms in total. The number of anilines is 2. The number of carboxylic acid groups (broad SMARTS) is 1. The molecule has 32 heavy (non-hydrogen) atoms. The van der Waals surface area contributed by atoms with Gasteiger partial charge in [-0.25, -0.2) is 13.2 Å². The molecule has 0 unspecified atom stereocenters. The van der Waals surface area contributed by atoms with Crippen LogP contribution < -0.4 is 9.62 Å². The first-order valence-corrected chi connectivity index (χ1v) is 12.8. The first-order valence-electron chi connectivity index (χ1n) is 11.0. The number of carboxylic acids is 1. The van der Waals surface area contributed by atoms with Crippen LogP contribution in [0.2, 0.25) is 5.02 Å². The molecule has 0 radical (unpaired) electrons. The van der Waals surface area contributed by atoms with E-state index in [1.807, 2.05) is 0 Å². The van der Waals surface area contributed by atoms with Crippen LogP contribution in [0.4, 0.5) is 11.4 Å². The largest absolute Gasteiger partial charge is 0.478 e. The smallest absolute Gasteiger partial charge is 0.337 e. The summed E-state index contributed by atoms with van der Waals surface area (Å²) in [6.07, 6.45) is 5.83. The van der Waals surface area contributed by atoms with Gasteiger partial charge in [-0.1, -0.05) is 30.2 Å². The van der Waals surface area contributed by atoms with Crippen molar-refractivity contribution in [1.29, 1.82) is 0 Å². The van der Waals surface area contributed by atoms with Gasteiger partial charge >= 0.3 is 5.97 Å². The van der Waals surface area contributed by atoms with Crippen LogP contribution >= 0.6 is 11.6 Å². The Hall–Kier alpha value is -2.29. The van der Waals surface area contributed by atoms with E-state index in [0.29, 0.717) is 11.7 Å². The van der Waals surface area contributed by atoms with Crippen LogP contribution in [0.1, 0.15) is 42.5 Å². The summed E-state index contributed by atoms with van der Waals surface area (Å²) >= 11 is 6.03. The summed E-state index contributed by atoms with van der Waals surface area (Å²) in [6.45, 7) is 3.88. The van der Waals surface area contributed by atoms with Crippen molar-refractivity contribution in [2.45, 2.75) is 43.0 Å². The Kier molecular flexibility index (Phi) is 6.93. The molecule has 0 saturated carbocycles. The molecular weight excluding hydrogens is 450 g/mol. The van der Waals surface area contributed by atoms with Gasteiger partial charge in [-0.2, -0.15) is 0 Å². The van der Waals surface area contributed by atoms with E-state index < -0.39 is 16.0 Å². The Morgan fingerprint density at radius 3 is 2.34 bits per heavy atom. The summed E-state index contributed by atoms with van der Waals surface area (Å²) in [6, 6.07) is 11.4. The molecule has 2 fully saturated rings. The molecule has 0 aromatic heterocycles. The Balaban J connectivity index is 1.50. The van der Waals surface area contributed by atoms with Gasteiger partial charge in [-0.15, -0.1) is 0 Å². The molecule has 2 aliphatic heterocycles. The van der Waals surface area contributed by atoms with Gasteiger partial charge < -0.3 is 14.9 Å². The molecule has 2 N–H and O–H groups in total. The van der Waals surface area contributed by atoms with Crippen molar-refractivity contribution in [3.63, 3.8) is 0 Å². The highest BCUT2D eigenvalue weighted by molar-refractivity contribution is 7.92. The molecule has 0 bridgehead atoms. The molecule has 9 heteroatoms. The number of halogens is 1. The number of nitrogens with zero attached hydrogens (tertiary/aromatic N) is 2. The topological polar surface area (TPSA) is 89.9 Å². The highest BCUT2D eigenvalue weighted by atomic mass is 35.5. The fourth-order valence-corrected chi connectivity index (χ4v) is 6.24. The number of sulfonamides is 1. The molecule has 2 heterocycles. The van der Waals surface area contributed by atoms with Crippen molar-refractivity contribution in [3.05, 3.63) is 53.1 Å². The Labute approximate surface area is 194 Å². The van der Waals surface area contributed by atoms with E-state index in [-0.39, 0.29) is 21.2 Å². The second-order valence-corrected chi connectivity index (χ2v) is 10.4. The van der Waals surface area contributed by atoms with Gasteiger partial charge in [0.25, 0.3) is 10.0 Å². The van der Waals surface area contributed by atoms with Gasteiger partial charge in [0.1, 0.15) is 4.90 Å². The fourth-order valence-electron chi connectivity index (χ4n) is 4.67. The quantitative estimate of drug-likeness (QED) is 0.645. The van der Waals surface area contributed by atoms with Gasteiger partial charge in [0.15, 0.2) is 0 Å². The van der Waals surface area contributed by atoms with E-state index >= 15 is 0 Å². The minimum Gasteiger partial charge on any atom is -0.478 e. The third-order valence-electron chi connectivity index (χ3n) is 6.32. The van der Waals surface area contributed by atoms with E-state index in [1.165, 1.54) is 37.5 Å². The van der Waals surface area contributed by atoms with Crippen LogP contribution in [0.15, 0.2) is 47.4 Å². The zero-order valence-electron chi connectivity index (χ0n) is 17.8.